The molecule has 46 heavy (non-hydrogen) atoms. The lowest BCUT2D eigenvalue weighted by Gasteiger charge is -2.16. The maximum atomic E-state index is 13.1. The quantitative estimate of drug-likeness (QED) is 0.0785. The van der Waals surface area contributed by atoms with E-state index < -0.39 is 5.91 Å². The van der Waals surface area contributed by atoms with Crippen LogP contribution in [0.5, 0.6) is 5.75 Å². The zero-order chi connectivity index (χ0) is 32.5. The van der Waals surface area contributed by atoms with Gasteiger partial charge in [-0.05, 0) is 85.6 Å². The number of primary amides is 1. The Hall–Kier alpha value is -5.59. The minimum atomic E-state index is -0.595. The molecule has 0 radical (unpaired) electrons. The van der Waals surface area contributed by atoms with E-state index in [0.29, 0.717) is 35.5 Å². The van der Waals surface area contributed by atoms with Gasteiger partial charge in [-0.25, -0.2) is 0 Å². The molecule has 0 unspecified atom stereocenters. The molecule has 0 bridgehead atoms. The second-order valence-electron chi connectivity index (χ2n) is 10.4. The molecule has 2 amide bonds. The van der Waals surface area contributed by atoms with Crippen LogP contribution in [0.15, 0.2) is 101 Å². The summed E-state index contributed by atoms with van der Waals surface area (Å²) in [5.41, 5.74) is 11.0. The van der Waals surface area contributed by atoms with Crippen LogP contribution < -0.4 is 21.1 Å². The molecule has 0 aliphatic carbocycles. The second-order valence-corrected chi connectivity index (χ2v) is 11.6. The predicted molar refractivity (Wildman–Crippen MR) is 183 cm³/mol. The fourth-order valence-corrected chi connectivity index (χ4v) is 5.81. The largest absolute Gasteiger partial charge is 0.497 e. The molecule has 0 fully saturated rings. The number of carbonyl (C=O) groups is 3. The minimum Gasteiger partial charge on any atom is -0.497 e. The van der Waals surface area contributed by atoms with Crippen molar-refractivity contribution in [3.8, 4) is 17.6 Å². The number of aromatic nitrogens is 1. The molecule has 0 atom stereocenters. The summed E-state index contributed by atoms with van der Waals surface area (Å²) in [6.07, 6.45) is 4.32. The van der Waals surface area contributed by atoms with Crippen molar-refractivity contribution in [3.63, 3.8) is 0 Å². The number of nitrogens with one attached hydrogen (secondary N) is 2. The number of rotatable bonds is 11. The number of benzene rings is 4. The van der Waals surface area contributed by atoms with Crippen LogP contribution in [0, 0.1) is 18.8 Å². The Kier molecular flexibility index (Phi) is 10.3. The van der Waals surface area contributed by atoms with E-state index in [2.05, 4.69) is 27.5 Å². The summed E-state index contributed by atoms with van der Waals surface area (Å²) in [5, 5.41) is 7.04. The van der Waals surface area contributed by atoms with Crippen LogP contribution in [-0.4, -0.2) is 30.2 Å². The maximum absolute atomic E-state index is 13.1. The number of hydrogen-bond acceptors (Lipinski definition) is 7. The highest BCUT2D eigenvalue weighted by Gasteiger charge is 2.17. The summed E-state index contributed by atoms with van der Waals surface area (Å²) >= 11 is 1.50. The molecule has 1 heterocycles. The molecule has 230 valence electrons. The van der Waals surface area contributed by atoms with Crippen molar-refractivity contribution >= 4 is 57.8 Å². The molecule has 0 aliphatic rings. The molecule has 4 aromatic carbocycles. The molecular weight excluding hydrogens is 596 g/mol. The number of aryl methyl sites for hydroxylation is 1. The van der Waals surface area contributed by atoms with Gasteiger partial charge in [-0.15, -0.1) is 0 Å². The van der Waals surface area contributed by atoms with E-state index in [1.165, 1.54) is 18.0 Å². The molecule has 8 nitrogen and oxygen atoms in total. The Morgan fingerprint density at radius 2 is 1.78 bits per heavy atom. The van der Waals surface area contributed by atoms with Gasteiger partial charge in [-0.1, -0.05) is 35.7 Å². The Morgan fingerprint density at radius 1 is 0.978 bits per heavy atom. The van der Waals surface area contributed by atoms with Crippen LogP contribution in [0.2, 0.25) is 0 Å². The zero-order valence-corrected chi connectivity index (χ0v) is 26.2. The van der Waals surface area contributed by atoms with Crippen LogP contribution in [0.3, 0.4) is 0 Å². The summed E-state index contributed by atoms with van der Waals surface area (Å²) in [7, 11) is 1.59. The Labute approximate surface area is 271 Å². The van der Waals surface area contributed by atoms with Crippen LogP contribution >= 0.6 is 11.8 Å². The average molecular weight is 629 g/mol. The lowest BCUT2D eigenvalue weighted by atomic mass is 10.1. The standard InChI is InChI=1S/C37H32N4O4S/c1-24-19-31(22-32-34(24)39-23-33(36(38)43)35(32)40-28-11-8-12-29(21-28)45-2)46-30-13-7-10-26(20-30)37(44)41-27-16-14-25(15-17-27)9-5-3-4-6-18-42/h7-8,10-23H,3-4,6H2,1-2H3,(H2,38,43)(H,39,40)(H,41,44). The molecule has 0 saturated carbocycles. The molecule has 0 spiro atoms. The van der Waals surface area contributed by atoms with E-state index in [4.69, 9.17) is 10.5 Å². The van der Waals surface area contributed by atoms with E-state index >= 15 is 0 Å². The molecule has 1 aromatic heterocycles. The number of fused-ring (bicyclic) bond motifs is 1. The topological polar surface area (TPSA) is 123 Å². The molecule has 5 aromatic rings. The molecule has 9 heteroatoms. The van der Waals surface area contributed by atoms with E-state index in [1.807, 2.05) is 85.8 Å². The average Bonchev–Trinajstić information content (AvgIpc) is 3.06. The SMILES string of the molecule is COc1cccc(Nc2c(C(N)=O)cnc3c(C)cc(Sc4cccc(C(=O)Nc5ccc(C#CCCCC=O)cc5)c4)cc23)c1. The van der Waals surface area contributed by atoms with Gasteiger partial charge in [0.25, 0.3) is 11.8 Å². The Morgan fingerprint density at radius 3 is 2.54 bits per heavy atom. The van der Waals surface area contributed by atoms with Gasteiger partial charge >= 0.3 is 0 Å². The van der Waals surface area contributed by atoms with Gasteiger partial charge in [0.05, 0.1) is 23.9 Å². The number of amides is 2. The summed E-state index contributed by atoms with van der Waals surface area (Å²) in [6.45, 7) is 1.97. The molecule has 0 aliphatic heterocycles. The van der Waals surface area contributed by atoms with Gasteiger partial charge in [-0.2, -0.15) is 0 Å². The molecule has 5 rings (SSSR count). The van der Waals surface area contributed by atoms with Gasteiger partial charge in [0.2, 0.25) is 0 Å². The first-order valence-corrected chi connectivity index (χ1v) is 15.4. The van der Waals surface area contributed by atoms with E-state index in [-0.39, 0.29) is 11.5 Å². The van der Waals surface area contributed by atoms with E-state index in [9.17, 15) is 14.4 Å². The maximum Gasteiger partial charge on any atom is 0.255 e. The third-order valence-electron chi connectivity index (χ3n) is 7.07. The van der Waals surface area contributed by atoms with Gasteiger partial charge in [0.15, 0.2) is 0 Å². The highest BCUT2D eigenvalue weighted by Crippen LogP contribution is 2.37. The summed E-state index contributed by atoms with van der Waals surface area (Å²) in [5.74, 6) is 5.98. The summed E-state index contributed by atoms with van der Waals surface area (Å²) in [6, 6.07) is 26.1. The number of unbranched alkanes of at least 4 members (excludes halogenated alkanes) is 2. The fraction of sp³-hybridized carbons (Fsp3) is 0.135. The number of hydrogen-bond donors (Lipinski definition) is 3. The van der Waals surface area contributed by atoms with Crippen molar-refractivity contribution in [1.82, 2.24) is 4.98 Å². The van der Waals surface area contributed by atoms with Gasteiger partial charge in [-0.3, -0.25) is 14.6 Å². The van der Waals surface area contributed by atoms with Crippen LogP contribution in [0.1, 0.15) is 51.1 Å². The van der Waals surface area contributed by atoms with Gasteiger partial charge in [0, 0.05) is 62.8 Å². The van der Waals surface area contributed by atoms with Gasteiger partial charge < -0.3 is 25.9 Å². The highest BCUT2D eigenvalue weighted by molar-refractivity contribution is 7.99. The number of carbonyl (C=O) groups excluding carboxylic acids is 3. The minimum absolute atomic E-state index is 0.232. The highest BCUT2D eigenvalue weighted by atomic mass is 32.2. The number of methoxy groups -OCH3 is 1. The van der Waals surface area contributed by atoms with Crippen molar-refractivity contribution < 1.29 is 19.1 Å². The third-order valence-corrected chi connectivity index (χ3v) is 8.03. The van der Waals surface area contributed by atoms with Crippen molar-refractivity contribution in [1.29, 1.82) is 0 Å². The summed E-state index contributed by atoms with van der Waals surface area (Å²) < 4.78 is 5.36. The molecule has 0 saturated heterocycles. The number of nitrogens with two attached hydrogens (primary N) is 1. The van der Waals surface area contributed by atoms with Crippen LogP contribution in [0.25, 0.3) is 10.9 Å². The van der Waals surface area contributed by atoms with Crippen LogP contribution in [-0.2, 0) is 4.79 Å². The smallest absolute Gasteiger partial charge is 0.255 e. The van der Waals surface area contributed by atoms with Crippen molar-refractivity contribution in [2.24, 2.45) is 5.73 Å². The lowest BCUT2D eigenvalue weighted by molar-refractivity contribution is -0.107. The predicted octanol–water partition coefficient (Wildman–Crippen LogP) is 7.52. The number of aldehydes is 1. The Balaban J connectivity index is 1.36. The van der Waals surface area contributed by atoms with Crippen LogP contribution in [0.4, 0.5) is 17.1 Å². The second kappa shape index (κ2) is 14.9. The monoisotopic (exact) mass is 628 g/mol. The van der Waals surface area contributed by atoms with Crippen molar-refractivity contribution in [3.05, 3.63) is 113 Å². The number of anilines is 3. The van der Waals surface area contributed by atoms with Crippen molar-refractivity contribution in [2.75, 3.05) is 17.7 Å². The first-order valence-electron chi connectivity index (χ1n) is 14.6. The first kappa shape index (κ1) is 31.8. The lowest BCUT2D eigenvalue weighted by Crippen LogP contribution is -2.14. The number of nitrogens with zero attached hydrogens (tertiary/aromatic N) is 1. The summed E-state index contributed by atoms with van der Waals surface area (Å²) in [4.78, 5) is 42.3. The zero-order valence-electron chi connectivity index (χ0n) is 25.4. The molecular formula is C37H32N4O4S. The van der Waals surface area contributed by atoms with Gasteiger partial charge in [0.1, 0.15) is 12.0 Å². The third kappa shape index (κ3) is 7.92. The number of pyridine rings is 1. The Bertz CT molecular complexity index is 1980. The normalized spacial score (nSPS) is 10.5. The van der Waals surface area contributed by atoms with E-state index in [1.54, 1.807) is 13.2 Å². The van der Waals surface area contributed by atoms with E-state index in [0.717, 1.165) is 50.2 Å². The molecule has 4 N–H and O–H groups in total. The van der Waals surface area contributed by atoms with Crippen molar-refractivity contribution in [2.45, 2.75) is 36.0 Å². The fourth-order valence-electron chi connectivity index (χ4n) is 4.79. The number of ether oxygens (including phenoxy) is 1. The first-order chi connectivity index (χ1) is 22.3.